The minimum atomic E-state index is -3.72. The largest absolute Gasteiger partial charge is 0.478 e. The maximum Gasteiger partial charge on any atom is 0.335 e. The minimum Gasteiger partial charge on any atom is -0.478 e. The number of nitrogens with zero attached hydrogens (tertiary/aromatic N) is 1. The fraction of sp³-hybridized carbons (Fsp3) is 0.0588. The van der Waals surface area contributed by atoms with Crippen LogP contribution in [0.5, 0.6) is 0 Å². The fourth-order valence-corrected chi connectivity index (χ4v) is 3.27. The number of carboxylic acids is 1. The molecule has 3 aromatic rings. The molecule has 0 saturated heterocycles. The van der Waals surface area contributed by atoms with Crippen LogP contribution in [0.25, 0.3) is 10.9 Å². The second-order valence-electron chi connectivity index (χ2n) is 5.19. The van der Waals surface area contributed by atoms with E-state index < -0.39 is 16.0 Å². The number of carboxylic acid groups (broad SMARTS) is 1. The van der Waals surface area contributed by atoms with Gasteiger partial charge in [-0.25, -0.2) is 17.9 Å². The molecule has 0 amide bonds. The monoisotopic (exact) mass is 342 g/mol. The van der Waals surface area contributed by atoms with E-state index in [-0.39, 0.29) is 17.0 Å². The van der Waals surface area contributed by atoms with Crippen LogP contribution in [-0.4, -0.2) is 24.5 Å². The van der Waals surface area contributed by atoms with E-state index in [4.69, 9.17) is 5.11 Å². The highest BCUT2D eigenvalue weighted by molar-refractivity contribution is 7.89. The smallest absolute Gasteiger partial charge is 0.335 e. The Morgan fingerprint density at radius 1 is 1.08 bits per heavy atom. The molecule has 2 N–H and O–H groups in total. The van der Waals surface area contributed by atoms with Gasteiger partial charge in [-0.2, -0.15) is 0 Å². The lowest BCUT2D eigenvalue weighted by molar-refractivity contribution is 0.0696. The normalized spacial score (nSPS) is 11.5. The summed E-state index contributed by atoms with van der Waals surface area (Å²) in [6, 6.07) is 14.5. The molecule has 0 radical (unpaired) electrons. The van der Waals surface area contributed by atoms with Crippen molar-refractivity contribution in [3.8, 4) is 0 Å². The van der Waals surface area contributed by atoms with Crippen LogP contribution in [0.1, 0.15) is 15.9 Å². The molecule has 1 heterocycles. The predicted molar refractivity (Wildman–Crippen MR) is 89.2 cm³/mol. The Labute approximate surface area is 138 Å². The van der Waals surface area contributed by atoms with Gasteiger partial charge in [0.15, 0.2) is 0 Å². The molecule has 1 aromatic heterocycles. The van der Waals surface area contributed by atoms with Crippen LogP contribution < -0.4 is 4.72 Å². The molecule has 0 fully saturated rings. The summed E-state index contributed by atoms with van der Waals surface area (Å²) in [7, 11) is -3.72. The van der Waals surface area contributed by atoms with Crippen molar-refractivity contribution >= 4 is 26.9 Å². The van der Waals surface area contributed by atoms with Gasteiger partial charge in [0.1, 0.15) is 0 Å². The van der Waals surface area contributed by atoms with E-state index >= 15 is 0 Å². The molecule has 0 aliphatic heterocycles. The molecule has 24 heavy (non-hydrogen) atoms. The first kappa shape index (κ1) is 16.1. The van der Waals surface area contributed by atoms with Crippen molar-refractivity contribution in [3.05, 3.63) is 71.9 Å². The Morgan fingerprint density at radius 3 is 2.50 bits per heavy atom. The topological polar surface area (TPSA) is 96.4 Å². The zero-order chi connectivity index (χ0) is 17.2. The molecule has 3 rings (SSSR count). The Hall–Kier alpha value is -2.77. The standard InChI is InChI=1S/C17H14N2O4S/c20-17(21)13-5-7-15(8-6-13)24(22,23)19-11-12-9-14-3-1-2-4-16(14)18-10-12/h1-10,19H,11H2,(H,20,21). The molecule has 2 aromatic carbocycles. The van der Waals surface area contributed by atoms with Crippen LogP contribution in [0.2, 0.25) is 0 Å². The summed E-state index contributed by atoms with van der Waals surface area (Å²) >= 11 is 0. The molecular weight excluding hydrogens is 328 g/mol. The first-order valence-corrected chi connectivity index (χ1v) is 8.61. The van der Waals surface area contributed by atoms with Crippen LogP contribution in [0.4, 0.5) is 0 Å². The van der Waals surface area contributed by atoms with Crippen molar-refractivity contribution in [2.45, 2.75) is 11.4 Å². The molecule has 0 aliphatic rings. The van der Waals surface area contributed by atoms with Gasteiger partial charge in [-0.3, -0.25) is 4.98 Å². The second-order valence-corrected chi connectivity index (χ2v) is 6.96. The summed E-state index contributed by atoms with van der Waals surface area (Å²) in [5.41, 5.74) is 1.61. The number of benzene rings is 2. The first-order chi connectivity index (χ1) is 11.5. The van der Waals surface area contributed by atoms with E-state index in [0.717, 1.165) is 16.5 Å². The number of aromatic carboxylic acids is 1. The summed E-state index contributed by atoms with van der Waals surface area (Å²) < 4.78 is 27.0. The number of sulfonamides is 1. The van der Waals surface area contributed by atoms with Crippen LogP contribution in [0.3, 0.4) is 0 Å². The average Bonchev–Trinajstić information content (AvgIpc) is 2.60. The first-order valence-electron chi connectivity index (χ1n) is 7.12. The van der Waals surface area contributed by atoms with Crippen molar-refractivity contribution in [1.29, 1.82) is 0 Å². The number of rotatable bonds is 5. The number of fused-ring (bicyclic) bond motifs is 1. The maximum atomic E-state index is 12.3. The fourth-order valence-electron chi connectivity index (χ4n) is 2.25. The third-order valence-corrected chi connectivity index (χ3v) is 4.94. The van der Waals surface area contributed by atoms with E-state index in [1.54, 1.807) is 6.20 Å². The van der Waals surface area contributed by atoms with Gasteiger partial charge in [-0.15, -0.1) is 0 Å². The Morgan fingerprint density at radius 2 is 1.79 bits per heavy atom. The molecule has 0 atom stereocenters. The third-order valence-electron chi connectivity index (χ3n) is 3.52. The van der Waals surface area contributed by atoms with Gasteiger partial charge < -0.3 is 5.11 Å². The molecule has 7 heteroatoms. The molecular formula is C17H14N2O4S. The van der Waals surface area contributed by atoms with Crippen LogP contribution in [0.15, 0.2) is 65.7 Å². The number of aromatic nitrogens is 1. The number of pyridine rings is 1. The SMILES string of the molecule is O=C(O)c1ccc(S(=O)(=O)NCc2cnc3ccccc3c2)cc1. The van der Waals surface area contributed by atoms with Crippen molar-refractivity contribution in [2.24, 2.45) is 0 Å². The highest BCUT2D eigenvalue weighted by atomic mass is 32.2. The third kappa shape index (κ3) is 3.42. The zero-order valence-electron chi connectivity index (χ0n) is 12.5. The van der Waals surface area contributed by atoms with E-state index in [1.807, 2.05) is 30.3 Å². The number of hydrogen-bond acceptors (Lipinski definition) is 4. The number of hydrogen-bond donors (Lipinski definition) is 2. The van der Waals surface area contributed by atoms with E-state index in [2.05, 4.69) is 9.71 Å². The molecule has 0 spiro atoms. The molecule has 122 valence electrons. The lowest BCUT2D eigenvalue weighted by Crippen LogP contribution is -2.23. The zero-order valence-corrected chi connectivity index (χ0v) is 13.3. The Bertz CT molecular complexity index is 999. The summed E-state index contributed by atoms with van der Waals surface area (Å²) in [4.78, 5) is 15.1. The summed E-state index contributed by atoms with van der Waals surface area (Å²) in [5, 5.41) is 9.78. The lowest BCUT2D eigenvalue weighted by atomic mass is 10.2. The number of para-hydroxylation sites is 1. The van der Waals surface area contributed by atoms with E-state index in [0.29, 0.717) is 0 Å². The maximum absolute atomic E-state index is 12.3. The molecule has 0 bridgehead atoms. The van der Waals surface area contributed by atoms with Gasteiger partial charge in [0.2, 0.25) is 10.0 Å². The quantitative estimate of drug-likeness (QED) is 0.742. The predicted octanol–water partition coefficient (Wildman–Crippen LogP) is 2.41. The van der Waals surface area contributed by atoms with Crippen molar-refractivity contribution in [2.75, 3.05) is 0 Å². The number of carbonyl (C=O) groups is 1. The van der Waals surface area contributed by atoms with Gasteiger partial charge in [-0.1, -0.05) is 18.2 Å². The van der Waals surface area contributed by atoms with E-state index in [1.165, 1.54) is 24.3 Å². The molecule has 0 aliphatic carbocycles. The van der Waals surface area contributed by atoms with Crippen molar-refractivity contribution in [3.63, 3.8) is 0 Å². The summed E-state index contributed by atoms with van der Waals surface area (Å²) in [6.07, 6.45) is 1.62. The highest BCUT2D eigenvalue weighted by Gasteiger charge is 2.14. The summed E-state index contributed by atoms with van der Waals surface area (Å²) in [6.45, 7) is 0.0981. The summed E-state index contributed by atoms with van der Waals surface area (Å²) in [5.74, 6) is -1.10. The van der Waals surface area contributed by atoms with Gasteiger partial charge >= 0.3 is 5.97 Å². The lowest BCUT2D eigenvalue weighted by Gasteiger charge is -2.08. The van der Waals surface area contributed by atoms with Crippen molar-refractivity contribution in [1.82, 2.24) is 9.71 Å². The minimum absolute atomic E-state index is 0.0150. The Kier molecular flexibility index (Phi) is 4.28. The van der Waals surface area contributed by atoms with Gasteiger partial charge in [-0.05, 0) is 42.0 Å². The van der Waals surface area contributed by atoms with Crippen LogP contribution in [-0.2, 0) is 16.6 Å². The molecule has 6 nitrogen and oxygen atoms in total. The molecule has 0 unspecified atom stereocenters. The average molecular weight is 342 g/mol. The molecule has 0 saturated carbocycles. The van der Waals surface area contributed by atoms with Gasteiger partial charge in [0, 0.05) is 18.1 Å². The highest BCUT2D eigenvalue weighted by Crippen LogP contribution is 2.14. The van der Waals surface area contributed by atoms with Gasteiger partial charge in [0.05, 0.1) is 16.0 Å². The number of nitrogens with one attached hydrogen (secondary N) is 1. The van der Waals surface area contributed by atoms with Crippen LogP contribution >= 0.6 is 0 Å². The van der Waals surface area contributed by atoms with Gasteiger partial charge in [0.25, 0.3) is 0 Å². The van der Waals surface area contributed by atoms with E-state index in [9.17, 15) is 13.2 Å². The second kappa shape index (κ2) is 6.38. The van der Waals surface area contributed by atoms with Crippen LogP contribution in [0, 0.1) is 0 Å². The van der Waals surface area contributed by atoms with Crippen molar-refractivity contribution < 1.29 is 18.3 Å². The Balaban J connectivity index is 1.77.